The van der Waals surface area contributed by atoms with Gasteiger partial charge in [-0.3, -0.25) is 0 Å². The molecular formula is C32H47NO4. The summed E-state index contributed by atoms with van der Waals surface area (Å²) in [5.41, 5.74) is 3.22. The average Bonchev–Trinajstić information content (AvgIpc) is 3.39. The molecule has 0 saturated heterocycles. The number of aliphatic hydroxyl groups excluding tert-OH is 3. The van der Waals surface area contributed by atoms with Gasteiger partial charge in [0.25, 0.3) is 0 Å². The van der Waals surface area contributed by atoms with E-state index in [0.717, 1.165) is 42.7 Å². The van der Waals surface area contributed by atoms with Gasteiger partial charge in [-0.1, -0.05) is 57.2 Å². The van der Waals surface area contributed by atoms with Crippen LogP contribution >= 0.6 is 0 Å². The Morgan fingerprint density at radius 3 is 2.65 bits per heavy atom. The number of nitrogens with zero attached hydrogens (tertiary/aromatic N) is 1. The van der Waals surface area contributed by atoms with Crippen LogP contribution in [0, 0.1) is 28.6 Å². The fourth-order valence-electron chi connectivity index (χ4n) is 7.87. The molecule has 5 nitrogen and oxygen atoms in total. The Morgan fingerprint density at radius 1 is 1.16 bits per heavy atom. The van der Waals surface area contributed by atoms with Crippen molar-refractivity contribution in [2.45, 2.75) is 109 Å². The van der Waals surface area contributed by atoms with E-state index < -0.39 is 18.3 Å². The molecule has 5 heteroatoms. The zero-order valence-corrected chi connectivity index (χ0v) is 23.0. The molecule has 5 aliphatic rings. The second kappa shape index (κ2) is 10.5. The maximum Gasteiger partial charge on any atom is 0.193 e. The van der Waals surface area contributed by atoms with Crippen molar-refractivity contribution >= 4 is 5.90 Å². The Labute approximate surface area is 223 Å². The number of ether oxygens (including phenoxy) is 1. The van der Waals surface area contributed by atoms with Crippen LogP contribution in [-0.4, -0.2) is 52.2 Å². The Bertz CT molecular complexity index is 1000. The predicted octanol–water partition coefficient (Wildman–Crippen LogP) is 5.67. The summed E-state index contributed by atoms with van der Waals surface area (Å²) in [6.07, 6.45) is 16.9. The van der Waals surface area contributed by atoms with Gasteiger partial charge < -0.3 is 20.1 Å². The van der Waals surface area contributed by atoms with Crippen molar-refractivity contribution in [3.63, 3.8) is 0 Å². The first kappa shape index (κ1) is 26.9. The largest absolute Gasteiger partial charge is 0.478 e. The lowest BCUT2D eigenvalue weighted by molar-refractivity contribution is 0.0862. The lowest BCUT2D eigenvalue weighted by Gasteiger charge is -2.44. The normalized spacial score (nSPS) is 41.1. The van der Waals surface area contributed by atoms with Gasteiger partial charge in [-0.05, 0) is 92.1 Å². The molecule has 5 rings (SSSR count). The van der Waals surface area contributed by atoms with Gasteiger partial charge in [-0.15, -0.1) is 0 Å². The summed E-state index contributed by atoms with van der Waals surface area (Å²) in [4.78, 5) is 4.76. The first-order chi connectivity index (χ1) is 17.7. The SMILES string of the molecule is C=C1/C(=C\C=C2/CCC[C@]3(C)[C@@H]([C@H](C)/C=C/[C@@H](O)C4(C5=N[C@H](CC)CO5)CC4)CC[C@@H]23)C[C@@H](O)C[C@@H]1O. The van der Waals surface area contributed by atoms with Gasteiger partial charge in [0.1, 0.15) is 6.61 Å². The molecule has 0 aromatic heterocycles. The number of aliphatic imine (C=N–C) groups is 1. The van der Waals surface area contributed by atoms with Gasteiger partial charge in [0.2, 0.25) is 0 Å². The molecule has 0 amide bonds. The number of hydrogen-bond donors (Lipinski definition) is 3. The third kappa shape index (κ3) is 5.04. The van der Waals surface area contributed by atoms with E-state index in [2.05, 4.69) is 45.6 Å². The zero-order valence-electron chi connectivity index (χ0n) is 23.0. The molecule has 0 spiro atoms. The van der Waals surface area contributed by atoms with E-state index in [1.54, 1.807) is 0 Å². The molecule has 1 aliphatic heterocycles. The van der Waals surface area contributed by atoms with Crippen LogP contribution in [0.2, 0.25) is 0 Å². The fourth-order valence-corrected chi connectivity index (χ4v) is 7.87. The topological polar surface area (TPSA) is 82.3 Å². The number of fused-ring (bicyclic) bond motifs is 1. The summed E-state index contributed by atoms with van der Waals surface area (Å²) in [5.74, 6) is 2.34. The van der Waals surface area contributed by atoms with Crippen molar-refractivity contribution < 1.29 is 20.1 Å². The van der Waals surface area contributed by atoms with Crippen molar-refractivity contribution in [2.24, 2.45) is 33.6 Å². The molecule has 8 atom stereocenters. The lowest BCUT2D eigenvalue weighted by atomic mass is 9.61. The van der Waals surface area contributed by atoms with E-state index in [1.807, 2.05) is 6.08 Å². The van der Waals surface area contributed by atoms with Crippen molar-refractivity contribution in [3.05, 3.63) is 47.6 Å². The van der Waals surface area contributed by atoms with Gasteiger partial charge >= 0.3 is 0 Å². The van der Waals surface area contributed by atoms with Crippen molar-refractivity contribution in [3.8, 4) is 0 Å². The smallest absolute Gasteiger partial charge is 0.193 e. The highest BCUT2D eigenvalue weighted by Crippen LogP contribution is 2.60. The molecule has 4 saturated carbocycles. The average molecular weight is 510 g/mol. The molecule has 0 bridgehead atoms. The van der Waals surface area contributed by atoms with Gasteiger partial charge in [0, 0.05) is 6.42 Å². The quantitative estimate of drug-likeness (QED) is 0.386. The Kier molecular flexibility index (Phi) is 7.61. The molecule has 0 aromatic rings. The Balaban J connectivity index is 1.27. The third-order valence-corrected chi connectivity index (χ3v) is 10.5. The van der Waals surface area contributed by atoms with E-state index in [0.29, 0.717) is 37.2 Å². The molecule has 4 aliphatic carbocycles. The van der Waals surface area contributed by atoms with Crippen LogP contribution in [0.25, 0.3) is 0 Å². The van der Waals surface area contributed by atoms with Crippen molar-refractivity contribution in [1.82, 2.24) is 0 Å². The standard InChI is InChI=1S/C32H47NO4/c1-5-24-19-37-30(33-24)32(15-16-32)29(36)13-8-20(2)26-11-12-27-22(7-6-14-31(26,27)4)9-10-23-17-25(34)18-28(35)21(23)3/h8-10,13,20,24-29,34-36H,3,5-7,11-12,14-19H2,1-2,4H3/b13-8+,22-9+,23-10-/t20-,24-,25-,26-,27+,28+,29-,31-/m1/s1. The van der Waals surface area contributed by atoms with Crippen molar-refractivity contribution in [1.29, 1.82) is 0 Å². The zero-order chi connectivity index (χ0) is 26.4. The number of aliphatic hydroxyl groups is 3. The van der Waals surface area contributed by atoms with Crippen LogP contribution in [0.15, 0.2) is 52.6 Å². The summed E-state index contributed by atoms with van der Waals surface area (Å²) in [6, 6.07) is 0.244. The highest BCUT2D eigenvalue weighted by Gasteiger charge is 2.56. The van der Waals surface area contributed by atoms with Crippen molar-refractivity contribution in [2.75, 3.05) is 6.61 Å². The van der Waals surface area contributed by atoms with E-state index in [-0.39, 0.29) is 16.9 Å². The van der Waals surface area contributed by atoms with Gasteiger partial charge in [0.05, 0.1) is 29.8 Å². The lowest BCUT2D eigenvalue weighted by Crippen LogP contribution is -2.35. The maximum absolute atomic E-state index is 11.1. The number of allylic oxidation sites excluding steroid dienone is 4. The summed E-state index contributed by atoms with van der Waals surface area (Å²) < 4.78 is 5.91. The maximum atomic E-state index is 11.1. The first-order valence-corrected chi connectivity index (χ1v) is 14.7. The molecule has 0 radical (unpaired) electrons. The van der Waals surface area contributed by atoms with E-state index in [9.17, 15) is 15.3 Å². The van der Waals surface area contributed by atoms with E-state index in [1.165, 1.54) is 31.3 Å². The van der Waals surface area contributed by atoms with Crippen LogP contribution in [0.4, 0.5) is 0 Å². The highest BCUT2D eigenvalue weighted by atomic mass is 16.5. The molecule has 0 unspecified atom stereocenters. The molecular weight excluding hydrogens is 462 g/mol. The number of hydrogen-bond acceptors (Lipinski definition) is 5. The molecule has 204 valence electrons. The molecule has 37 heavy (non-hydrogen) atoms. The fraction of sp³-hybridized carbons (Fsp3) is 0.719. The molecule has 3 N–H and O–H groups in total. The minimum atomic E-state index is -0.640. The second-order valence-corrected chi connectivity index (χ2v) is 12.8. The van der Waals surface area contributed by atoms with Crippen LogP contribution < -0.4 is 0 Å². The van der Waals surface area contributed by atoms with Crippen LogP contribution in [-0.2, 0) is 4.74 Å². The third-order valence-electron chi connectivity index (χ3n) is 10.5. The molecule has 4 fully saturated rings. The summed E-state index contributed by atoms with van der Waals surface area (Å²) >= 11 is 0. The molecule has 0 aromatic carbocycles. The highest BCUT2D eigenvalue weighted by molar-refractivity contribution is 5.87. The summed E-state index contributed by atoms with van der Waals surface area (Å²) in [6.45, 7) is 11.7. The van der Waals surface area contributed by atoms with Crippen LogP contribution in [0.5, 0.6) is 0 Å². The van der Waals surface area contributed by atoms with E-state index >= 15 is 0 Å². The summed E-state index contributed by atoms with van der Waals surface area (Å²) in [5, 5.41) is 31.5. The predicted molar refractivity (Wildman–Crippen MR) is 148 cm³/mol. The van der Waals surface area contributed by atoms with Crippen LogP contribution in [0.3, 0.4) is 0 Å². The first-order valence-electron chi connectivity index (χ1n) is 14.7. The minimum Gasteiger partial charge on any atom is -0.478 e. The minimum absolute atomic E-state index is 0.244. The Hall–Kier alpha value is -1.69. The number of rotatable bonds is 7. The van der Waals surface area contributed by atoms with Gasteiger partial charge in [-0.25, -0.2) is 4.99 Å². The summed E-state index contributed by atoms with van der Waals surface area (Å²) in [7, 11) is 0. The monoisotopic (exact) mass is 509 g/mol. The van der Waals surface area contributed by atoms with Crippen LogP contribution in [0.1, 0.15) is 85.0 Å². The Morgan fingerprint density at radius 2 is 1.95 bits per heavy atom. The second-order valence-electron chi connectivity index (χ2n) is 12.8. The van der Waals surface area contributed by atoms with Gasteiger partial charge in [0.15, 0.2) is 5.90 Å². The van der Waals surface area contributed by atoms with Gasteiger partial charge in [-0.2, -0.15) is 0 Å². The molecule has 1 heterocycles. The van der Waals surface area contributed by atoms with E-state index in [4.69, 9.17) is 9.73 Å².